The second-order valence-corrected chi connectivity index (χ2v) is 7.61. The largest absolute Gasteiger partial charge is 0.491 e. The third kappa shape index (κ3) is 4.55. The van der Waals surface area contributed by atoms with E-state index in [-0.39, 0.29) is 37.5 Å². The molecule has 30 heavy (non-hydrogen) atoms. The van der Waals surface area contributed by atoms with E-state index in [2.05, 4.69) is 0 Å². The molecule has 0 saturated heterocycles. The first-order valence-corrected chi connectivity index (χ1v) is 9.77. The van der Waals surface area contributed by atoms with Gasteiger partial charge in [0.2, 0.25) is 5.91 Å². The Morgan fingerprint density at radius 1 is 1.17 bits per heavy atom. The fourth-order valence-electron chi connectivity index (χ4n) is 3.75. The highest BCUT2D eigenvalue weighted by Crippen LogP contribution is 2.35. The smallest absolute Gasteiger partial charge is 0.274 e. The predicted octanol–water partition coefficient (Wildman–Crippen LogP) is 2.89. The average molecular weight is 431 g/mol. The highest BCUT2D eigenvalue weighted by molar-refractivity contribution is 7.59. The van der Waals surface area contributed by atoms with Crippen LogP contribution in [-0.4, -0.2) is 40.7 Å². The molecule has 7 nitrogen and oxygen atoms in total. The third-order valence-electron chi connectivity index (χ3n) is 5.56. The van der Waals surface area contributed by atoms with E-state index in [1.54, 1.807) is 23.7 Å². The Morgan fingerprint density at radius 2 is 1.90 bits per heavy atom. The molecule has 2 aromatic rings. The van der Waals surface area contributed by atoms with Crippen molar-refractivity contribution in [2.45, 2.75) is 38.5 Å². The summed E-state index contributed by atoms with van der Waals surface area (Å²) < 4.78 is 11.7. The van der Waals surface area contributed by atoms with E-state index >= 15 is 0 Å². The number of para-hydroxylation sites is 1. The van der Waals surface area contributed by atoms with E-state index in [4.69, 9.17) is 14.7 Å². The van der Waals surface area contributed by atoms with Crippen LogP contribution in [0.4, 0.5) is 0 Å². The van der Waals surface area contributed by atoms with Crippen molar-refractivity contribution in [1.82, 2.24) is 10.4 Å². The molecule has 8 heteroatoms. The van der Waals surface area contributed by atoms with Crippen molar-refractivity contribution in [2.24, 2.45) is 5.92 Å². The lowest BCUT2D eigenvalue weighted by Gasteiger charge is -2.38. The molecule has 160 valence electrons. The van der Waals surface area contributed by atoms with Crippen molar-refractivity contribution in [3.8, 4) is 11.5 Å². The lowest BCUT2D eigenvalue weighted by atomic mass is 9.81. The number of ether oxygens (including phenoxy) is 2. The molecule has 2 aliphatic rings. The van der Waals surface area contributed by atoms with Crippen molar-refractivity contribution in [3.05, 3.63) is 59.7 Å². The van der Waals surface area contributed by atoms with E-state index in [1.807, 2.05) is 42.2 Å². The minimum absolute atomic E-state index is 0. The Balaban J connectivity index is 0.00000256. The molecule has 1 atom stereocenters. The summed E-state index contributed by atoms with van der Waals surface area (Å²) >= 11 is 0. The molecule has 0 radical (unpaired) electrons. The molecule has 2 N–H and O–H groups in total. The van der Waals surface area contributed by atoms with Gasteiger partial charge in [0.1, 0.15) is 24.2 Å². The van der Waals surface area contributed by atoms with Gasteiger partial charge in [-0.3, -0.25) is 14.8 Å². The van der Waals surface area contributed by atoms with Crippen molar-refractivity contribution in [3.63, 3.8) is 0 Å². The molecule has 1 aliphatic carbocycles. The van der Waals surface area contributed by atoms with E-state index in [0.717, 1.165) is 11.3 Å². The minimum atomic E-state index is -0.597. The maximum atomic E-state index is 13.1. The summed E-state index contributed by atoms with van der Waals surface area (Å²) in [6, 6.07) is 14.5. The van der Waals surface area contributed by atoms with Crippen LogP contribution in [0.3, 0.4) is 0 Å². The zero-order valence-corrected chi connectivity index (χ0v) is 17.7. The zero-order valence-electron chi connectivity index (χ0n) is 16.7. The summed E-state index contributed by atoms with van der Waals surface area (Å²) in [4.78, 5) is 26.6. The first-order chi connectivity index (χ1) is 14.0. The number of amides is 2. The molecule has 0 aromatic heterocycles. The van der Waals surface area contributed by atoms with Crippen LogP contribution in [-0.2, 0) is 11.3 Å². The number of carbonyl (C=O) groups is 2. The van der Waals surface area contributed by atoms with Crippen molar-refractivity contribution < 1.29 is 24.3 Å². The van der Waals surface area contributed by atoms with Gasteiger partial charge in [0, 0.05) is 23.6 Å². The van der Waals surface area contributed by atoms with Crippen LogP contribution in [0, 0.1) is 5.92 Å². The average Bonchev–Trinajstić information content (AvgIpc) is 2.88. The summed E-state index contributed by atoms with van der Waals surface area (Å²) in [7, 11) is 0. The Kier molecular flexibility index (Phi) is 6.89. The normalized spacial score (nSPS) is 22.3. The number of benzene rings is 2. The fraction of sp³-hybridized carbons (Fsp3) is 0.364. The quantitative estimate of drug-likeness (QED) is 0.575. The van der Waals surface area contributed by atoms with Crippen LogP contribution in [0.1, 0.15) is 35.7 Å². The van der Waals surface area contributed by atoms with Gasteiger partial charge in [0.25, 0.3) is 5.91 Å². The van der Waals surface area contributed by atoms with Crippen LogP contribution < -0.4 is 15.0 Å². The van der Waals surface area contributed by atoms with Gasteiger partial charge >= 0.3 is 0 Å². The van der Waals surface area contributed by atoms with Crippen LogP contribution in [0.25, 0.3) is 0 Å². The summed E-state index contributed by atoms with van der Waals surface area (Å²) in [6.45, 7) is 2.73. The van der Waals surface area contributed by atoms with Crippen LogP contribution in [0.2, 0.25) is 0 Å². The van der Waals surface area contributed by atoms with Gasteiger partial charge in [-0.2, -0.15) is 13.5 Å². The first kappa shape index (κ1) is 22.0. The highest BCUT2D eigenvalue weighted by Gasteiger charge is 2.40. The first-order valence-electron chi connectivity index (χ1n) is 9.77. The molecular weight excluding hydrogens is 404 g/mol. The van der Waals surface area contributed by atoms with Crippen molar-refractivity contribution in [1.29, 1.82) is 0 Å². The summed E-state index contributed by atoms with van der Waals surface area (Å²) in [5.74, 6) is 0.857. The Bertz CT molecular complexity index is 902. The maximum Gasteiger partial charge on any atom is 0.274 e. The highest BCUT2D eigenvalue weighted by atomic mass is 32.1. The Morgan fingerprint density at radius 3 is 2.60 bits per heavy atom. The van der Waals surface area contributed by atoms with Gasteiger partial charge < -0.3 is 14.4 Å². The number of hydroxylamine groups is 1. The van der Waals surface area contributed by atoms with Crippen LogP contribution in [0.5, 0.6) is 11.5 Å². The fourth-order valence-corrected chi connectivity index (χ4v) is 3.75. The molecule has 0 unspecified atom stereocenters. The molecule has 4 rings (SSSR count). The second-order valence-electron chi connectivity index (χ2n) is 7.61. The minimum Gasteiger partial charge on any atom is -0.491 e. The van der Waals surface area contributed by atoms with Crippen molar-refractivity contribution >= 4 is 25.3 Å². The van der Waals surface area contributed by atoms with E-state index in [0.29, 0.717) is 37.3 Å². The van der Waals surface area contributed by atoms with Crippen LogP contribution >= 0.6 is 13.5 Å². The van der Waals surface area contributed by atoms with Gasteiger partial charge in [-0.1, -0.05) is 24.3 Å². The topological polar surface area (TPSA) is 88.1 Å². The maximum absolute atomic E-state index is 13.1. The Labute approximate surface area is 182 Å². The molecule has 0 bridgehead atoms. The SMILES string of the molecule is C[C@H]1COc2cc(C(=O)NO)ccc2CN1C(=O)C1CC(Oc2ccccc2)C1.S. The number of carbonyl (C=O) groups excluding carboxylic acids is 2. The van der Waals surface area contributed by atoms with Gasteiger partial charge in [-0.05, 0) is 44.0 Å². The lowest BCUT2D eigenvalue weighted by Crippen LogP contribution is -2.48. The van der Waals surface area contributed by atoms with E-state index in [9.17, 15) is 9.59 Å². The van der Waals surface area contributed by atoms with Gasteiger partial charge in [0.05, 0.1) is 6.04 Å². The summed E-state index contributed by atoms with van der Waals surface area (Å²) in [6.07, 6.45) is 1.48. The van der Waals surface area contributed by atoms with Gasteiger partial charge in [-0.15, -0.1) is 0 Å². The van der Waals surface area contributed by atoms with Crippen molar-refractivity contribution in [2.75, 3.05) is 6.61 Å². The monoisotopic (exact) mass is 430 g/mol. The molecule has 1 aliphatic heterocycles. The Hall–Kier alpha value is -2.71. The molecule has 2 aromatic carbocycles. The number of nitrogens with zero attached hydrogens (tertiary/aromatic N) is 1. The number of rotatable bonds is 4. The molecular formula is C22H26N2O5S. The molecule has 0 spiro atoms. The number of fused-ring (bicyclic) bond motifs is 1. The lowest BCUT2D eigenvalue weighted by molar-refractivity contribution is -0.144. The van der Waals surface area contributed by atoms with Crippen LogP contribution in [0.15, 0.2) is 48.5 Å². The van der Waals surface area contributed by atoms with Gasteiger partial charge in [-0.25, -0.2) is 5.48 Å². The van der Waals surface area contributed by atoms with E-state index in [1.165, 1.54) is 0 Å². The zero-order chi connectivity index (χ0) is 20.4. The molecule has 1 saturated carbocycles. The standard InChI is InChI=1S/C22H24N2O5.H2S/c1-14-13-28-20-11-15(21(25)23-27)7-8-16(20)12-24(14)22(26)17-9-19(10-17)29-18-5-3-2-4-6-18;/h2-8,11,14,17,19,27H,9-10,12-13H2,1H3,(H,23,25);1H2/t14-,17?,19?;/m0./s1. The number of nitrogens with one attached hydrogen (secondary N) is 1. The number of hydrogen-bond donors (Lipinski definition) is 2. The summed E-state index contributed by atoms with van der Waals surface area (Å²) in [5.41, 5.74) is 2.77. The third-order valence-corrected chi connectivity index (χ3v) is 5.56. The number of hydrogen-bond acceptors (Lipinski definition) is 5. The molecule has 2 amide bonds. The second kappa shape index (κ2) is 9.40. The predicted molar refractivity (Wildman–Crippen MR) is 115 cm³/mol. The summed E-state index contributed by atoms with van der Waals surface area (Å²) in [5, 5.41) is 8.81. The molecule has 1 heterocycles. The van der Waals surface area contributed by atoms with E-state index < -0.39 is 5.91 Å². The van der Waals surface area contributed by atoms with Gasteiger partial charge in [0.15, 0.2) is 0 Å². The molecule has 1 fully saturated rings.